The van der Waals surface area contributed by atoms with Crippen LogP contribution in [-0.4, -0.2) is 15.3 Å². The third-order valence-electron chi connectivity index (χ3n) is 1.51. The van der Waals surface area contributed by atoms with Crippen molar-refractivity contribution in [1.29, 1.82) is 0 Å². The number of para-hydroxylation sites is 1. The van der Waals surface area contributed by atoms with E-state index in [-0.39, 0.29) is 5.54 Å². The zero-order valence-corrected chi connectivity index (χ0v) is 7.12. The molecule has 0 aromatic heterocycles. The first-order chi connectivity index (χ1) is 5.25. The highest BCUT2D eigenvalue weighted by Gasteiger charge is 2.04. The van der Waals surface area contributed by atoms with Gasteiger partial charge in [-0.2, -0.15) is 0 Å². The monoisotopic (exact) mass is 161 g/mol. The summed E-state index contributed by atoms with van der Waals surface area (Å²) in [5.41, 5.74) is 0.871. The number of benzene rings is 1. The summed E-state index contributed by atoms with van der Waals surface area (Å²) in [5.74, 6) is 0.299. The molecule has 1 rings (SSSR count). The summed E-state index contributed by atoms with van der Waals surface area (Å²) < 4.78 is 0. The molecule has 0 fully saturated rings. The first-order valence-corrected chi connectivity index (χ1v) is 3.95. The van der Waals surface area contributed by atoms with Gasteiger partial charge in [-0.25, -0.2) is 0 Å². The second kappa shape index (κ2) is 3.39. The lowest BCUT2D eigenvalue weighted by Crippen LogP contribution is -1.92. The standard InChI is InChI=1S/C9H9OSi/c1-2-9(11)7-5-3-4-6-8(7)10/h2-6,9-10H,1H2. The predicted molar refractivity (Wildman–Crippen MR) is 46.8 cm³/mol. The Morgan fingerprint density at radius 2 is 2.09 bits per heavy atom. The first kappa shape index (κ1) is 8.08. The Labute approximate surface area is 69.8 Å². The van der Waals surface area contributed by atoms with Crippen molar-refractivity contribution < 1.29 is 5.11 Å². The molecular weight excluding hydrogens is 152 g/mol. The van der Waals surface area contributed by atoms with E-state index in [1.807, 2.05) is 12.1 Å². The van der Waals surface area contributed by atoms with Crippen LogP contribution in [0.15, 0.2) is 36.9 Å². The molecule has 11 heavy (non-hydrogen) atoms. The summed E-state index contributed by atoms with van der Waals surface area (Å²) >= 11 is 0. The number of hydrogen-bond donors (Lipinski definition) is 1. The van der Waals surface area contributed by atoms with Gasteiger partial charge in [0.15, 0.2) is 0 Å². The topological polar surface area (TPSA) is 20.2 Å². The molecule has 1 unspecified atom stereocenters. The van der Waals surface area contributed by atoms with Crippen LogP contribution in [0.25, 0.3) is 0 Å². The summed E-state index contributed by atoms with van der Waals surface area (Å²) in [6.45, 7) is 3.62. The van der Waals surface area contributed by atoms with Crippen LogP contribution in [0.2, 0.25) is 0 Å². The molecule has 0 saturated carbocycles. The van der Waals surface area contributed by atoms with E-state index >= 15 is 0 Å². The summed E-state index contributed by atoms with van der Waals surface area (Å²) in [7, 11) is 3.41. The normalized spacial score (nSPS) is 12.5. The van der Waals surface area contributed by atoms with Crippen molar-refractivity contribution in [2.45, 2.75) is 5.54 Å². The Hall–Kier alpha value is -1.02. The molecule has 0 amide bonds. The molecule has 1 nitrogen and oxygen atoms in total. The predicted octanol–water partition coefficient (Wildman–Crippen LogP) is 1.79. The van der Waals surface area contributed by atoms with Crippen LogP contribution >= 0.6 is 0 Å². The lowest BCUT2D eigenvalue weighted by atomic mass is 10.1. The maximum Gasteiger partial charge on any atom is 0.119 e. The Bertz CT molecular complexity index is 257. The minimum Gasteiger partial charge on any atom is -0.508 e. The lowest BCUT2D eigenvalue weighted by Gasteiger charge is -2.06. The molecule has 2 heteroatoms. The van der Waals surface area contributed by atoms with Crippen molar-refractivity contribution in [2.24, 2.45) is 0 Å². The van der Waals surface area contributed by atoms with Crippen LogP contribution in [0.1, 0.15) is 11.1 Å². The van der Waals surface area contributed by atoms with Crippen LogP contribution in [0.5, 0.6) is 5.75 Å². The van der Waals surface area contributed by atoms with E-state index < -0.39 is 0 Å². The maximum atomic E-state index is 9.33. The molecule has 3 radical (unpaired) electrons. The molecule has 1 aromatic carbocycles. The molecule has 0 spiro atoms. The number of allylic oxidation sites excluding steroid dienone is 1. The molecule has 0 aliphatic rings. The number of rotatable bonds is 2. The molecule has 1 N–H and O–H groups in total. The van der Waals surface area contributed by atoms with Crippen LogP contribution in [0.3, 0.4) is 0 Å². The summed E-state index contributed by atoms with van der Waals surface area (Å²) in [5, 5.41) is 9.33. The van der Waals surface area contributed by atoms with Gasteiger partial charge in [-0.15, -0.1) is 6.58 Å². The van der Waals surface area contributed by atoms with Gasteiger partial charge in [-0.1, -0.05) is 24.3 Å². The number of phenols is 1. The van der Waals surface area contributed by atoms with Crippen molar-refractivity contribution in [3.63, 3.8) is 0 Å². The van der Waals surface area contributed by atoms with E-state index in [2.05, 4.69) is 16.8 Å². The summed E-state index contributed by atoms with van der Waals surface area (Å²) in [6.07, 6.45) is 1.73. The van der Waals surface area contributed by atoms with Gasteiger partial charge in [-0.3, -0.25) is 0 Å². The van der Waals surface area contributed by atoms with E-state index in [1.165, 1.54) is 0 Å². The molecule has 0 aliphatic carbocycles. The first-order valence-electron chi connectivity index (χ1n) is 3.37. The highest BCUT2D eigenvalue weighted by molar-refractivity contribution is 6.13. The van der Waals surface area contributed by atoms with Gasteiger partial charge < -0.3 is 5.11 Å². The van der Waals surface area contributed by atoms with Crippen molar-refractivity contribution in [1.82, 2.24) is 0 Å². The van der Waals surface area contributed by atoms with Crippen molar-refractivity contribution in [3.8, 4) is 5.75 Å². The Morgan fingerprint density at radius 1 is 1.45 bits per heavy atom. The van der Waals surface area contributed by atoms with E-state index in [4.69, 9.17) is 0 Å². The summed E-state index contributed by atoms with van der Waals surface area (Å²) in [6, 6.07) is 7.19. The van der Waals surface area contributed by atoms with Crippen LogP contribution in [0.4, 0.5) is 0 Å². The van der Waals surface area contributed by atoms with Crippen LogP contribution in [-0.2, 0) is 0 Å². The van der Waals surface area contributed by atoms with Crippen LogP contribution in [0, 0.1) is 0 Å². The van der Waals surface area contributed by atoms with E-state index in [0.717, 1.165) is 5.56 Å². The number of hydrogen-bond acceptors (Lipinski definition) is 1. The van der Waals surface area contributed by atoms with E-state index in [9.17, 15) is 5.11 Å². The fourth-order valence-corrected chi connectivity index (χ4v) is 1.12. The molecule has 0 bridgehead atoms. The van der Waals surface area contributed by atoms with Gasteiger partial charge in [0.2, 0.25) is 0 Å². The molecule has 0 heterocycles. The Kier molecular flexibility index (Phi) is 2.49. The third kappa shape index (κ3) is 1.71. The molecule has 0 aliphatic heterocycles. The second-order valence-electron chi connectivity index (χ2n) is 2.27. The van der Waals surface area contributed by atoms with E-state index in [0.29, 0.717) is 5.75 Å². The zero-order valence-electron chi connectivity index (χ0n) is 6.12. The third-order valence-corrected chi connectivity index (χ3v) is 2.05. The van der Waals surface area contributed by atoms with Gasteiger partial charge in [0, 0.05) is 10.2 Å². The minimum atomic E-state index is 0.0243. The average Bonchev–Trinajstić information content (AvgIpc) is 2.04. The van der Waals surface area contributed by atoms with Gasteiger partial charge in [0.05, 0.1) is 0 Å². The van der Waals surface area contributed by atoms with Gasteiger partial charge >= 0.3 is 0 Å². The Balaban J connectivity index is 3.02. The van der Waals surface area contributed by atoms with Gasteiger partial charge in [0.1, 0.15) is 5.75 Å². The highest BCUT2D eigenvalue weighted by atomic mass is 28.1. The van der Waals surface area contributed by atoms with Gasteiger partial charge in [-0.05, 0) is 17.2 Å². The molecule has 0 saturated heterocycles. The average molecular weight is 161 g/mol. The van der Waals surface area contributed by atoms with E-state index in [1.54, 1.807) is 18.2 Å². The lowest BCUT2D eigenvalue weighted by molar-refractivity contribution is 0.469. The number of aromatic hydroxyl groups is 1. The Morgan fingerprint density at radius 3 is 2.64 bits per heavy atom. The summed E-state index contributed by atoms with van der Waals surface area (Å²) in [4.78, 5) is 0. The smallest absolute Gasteiger partial charge is 0.119 e. The zero-order chi connectivity index (χ0) is 8.27. The second-order valence-corrected chi connectivity index (χ2v) is 2.89. The fourth-order valence-electron chi connectivity index (χ4n) is 0.877. The van der Waals surface area contributed by atoms with Crippen molar-refractivity contribution in [2.75, 3.05) is 0 Å². The van der Waals surface area contributed by atoms with Gasteiger partial charge in [0.25, 0.3) is 0 Å². The maximum absolute atomic E-state index is 9.33. The molecule has 55 valence electrons. The number of phenolic OH excluding ortho intramolecular Hbond substituents is 1. The van der Waals surface area contributed by atoms with Crippen molar-refractivity contribution >= 4 is 10.2 Å². The molecule has 1 atom stereocenters. The molecular formula is C9H9OSi. The van der Waals surface area contributed by atoms with Crippen LogP contribution < -0.4 is 0 Å². The fraction of sp³-hybridized carbons (Fsp3) is 0.111. The SMILES string of the molecule is C=CC([Si])c1ccccc1O. The molecule has 1 aromatic rings. The quantitative estimate of drug-likeness (QED) is 0.518. The highest BCUT2D eigenvalue weighted by Crippen LogP contribution is 2.23. The van der Waals surface area contributed by atoms with Crippen molar-refractivity contribution in [3.05, 3.63) is 42.5 Å². The largest absolute Gasteiger partial charge is 0.508 e. The minimum absolute atomic E-state index is 0.0243.